The minimum atomic E-state index is -0.448. The Morgan fingerprint density at radius 1 is 1.29 bits per heavy atom. The van der Waals surface area contributed by atoms with Gasteiger partial charge in [-0.2, -0.15) is 0 Å². The molecule has 1 saturated carbocycles. The Bertz CT molecular complexity index is 309. The lowest BCUT2D eigenvalue weighted by atomic mass is 9.96. The van der Waals surface area contributed by atoms with E-state index in [1.807, 2.05) is 6.92 Å². The van der Waals surface area contributed by atoms with Crippen LogP contribution in [-0.4, -0.2) is 48.7 Å². The number of esters is 1. The first kappa shape index (κ1) is 18.4. The van der Waals surface area contributed by atoms with E-state index < -0.39 is 5.54 Å². The molecule has 124 valence electrons. The van der Waals surface area contributed by atoms with Gasteiger partial charge >= 0.3 is 5.97 Å². The van der Waals surface area contributed by atoms with Crippen molar-refractivity contribution in [3.63, 3.8) is 0 Å². The van der Waals surface area contributed by atoms with Crippen LogP contribution in [0.2, 0.25) is 0 Å². The number of hydrogen-bond acceptors (Lipinski definition) is 4. The summed E-state index contributed by atoms with van der Waals surface area (Å²) in [5.41, 5.74) is -0.448. The Morgan fingerprint density at radius 3 is 2.62 bits per heavy atom. The number of carbonyl (C=O) groups excluding carboxylic acids is 1. The Labute approximate surface area is 130 Å². The van der Waals surface area contributed by atoms with E-state index in [-0.39, 0.29) is 5.97 Å². The molecule has 2 unspecified atom stereocenters. The normalized spacial score (nSPS) is 25.5. The van der Waals surface area contributed by atoms with Gasteiger partial charge in [0.25, 0.3) is 0 Å². The molecule has 0 aromatic rings. The van der Waals surface area contributed by atoms with Crippen molar-refractivity contribution in [2.24, 2.45) is 0 Å². The van der Waals surface area contributed by atoms with Gasteiger partial charge in [-0.05, 0) is 58.7 Å². The second-order valence-corrected chi connectivity index (χ2v) is 6.11. The minimum Gasteiger partial charge on any atom is -0.465 e. The van der Waals surface area contributed by atoms with E-state index in [4.69, 9.17) is 4.74 Å². The summed E-state index contributed by atoms with van der Waals surface area (Å²) in [5, 5.41) is 3.49. The third-order valence-electron chi connectivity index (χ3n) is 4.59. The average molecular weight is 298 g/mol. The quantitative estimate of drug-likeness (QED) is 0.630. The summed E-state index contributed by atoms with van der Waals surface area (Å²) in [7, 11) is 0. The smallest absolute Gasteiger partial charge is 0.326 e. The number of nitrogens with one attached hydrogen (secondary N) is 1. The lowest BCUT2D eigenvalue weighted by Gasteiger charge is -2.31. The van der Waals surface area contributed by atoms with Gasteiger partial charge < -0.3 is 15.0 Å². The maximum Gasteiger partial charge on any atom is 0.326 e. The summed E-state index contributed by atoms with van der Waals surface area (Å²) in [6, 6.07) is 0.510. The van der Waals surface area contributed by atoms with Crippen LogP contribution < -0.4 is 5.32 Å². The van der Waals surface area contributed by atoms with Gasteiger partial charge in [-0.1, -0.05) is 27.2 Å². The molecule has 0 amide bonds. The summed E-state index contributed by atoms with van der Waals surface area (Å²) in [6.07, 6.45) is 6.38. The number of ether oxygens (including phenoxy) is 1. The van der Waals surface area contributed by atoms with E-state index in [1.54, 1.807) is 0 Å². The molecule has 0 radical (unpaired) electrons. The highest BCUT2D eigenvalue weighted by Gasteiger charge is 2.47. The first-order valence-electron chi connectivity index (χ1n) is 8.79. The summed E-state index contributed by atoms with van der Waals surface area (Å²) < 4.78 is 5.35. The van der Waals surface area contributed by atoms with E-state index >= 15 is 0 Å². The number of carbonyl (C=O) groups is 1. The molecule has 0 heterocycles. The maximum atomic E-state index is 12.4. The molecule has 1 fully saturated rings. The zero-order chi connectivity index (χ0) is 15.7. The molecule has 21 heavy (non-hydrogen) atoms. The van der Waals surface area contributed by atoms with Crippen LogP contribution in [0.15, 0.2) is 0 Å². The standard InChI is InChI=1S/C17H34N2O2/c1-5-9-13-19(7-3)15-10-11-17(14-15,18-12-6-2)16(20)21-8-4/h15,18H,5-14H2,1-4H3. The SMILES string of the molecule is CCCCN(CC)C1CCC(NCCC)(C(=O)OCC)C1. The molecule has 0 bridgehead atoms. The third kappa shape index (κ3) is 4.96. The Morgan fingerprint density at radius 2 is 2.05 bits per heavy atom. The molecular formula is C17H34N2O2. The molecule has 1 N–H and O–H groups in total. The lowest BCUT2D eigenvalue weighted by Crippen LogP contribution is -2.52. The summed E-state index contributed by atoms with van der Waals surface area (Å²) in [4.78, 5) is 15.0. The number of nitrogens with zero attached hydrogens (tertiary/aromatic N) is 1. The Balaban J connectivity index is 2.71. The fourth-order valence-corrected chi connectivity index (χ4v) is 3.34. The predicted octanol–water partition coefficient (Wildman–Crippen LogP) is 2.96. The molecule has 1 rings (SSSR count). The number of unbranched alkanes of at least 4 members (excludes halogenated alkanes) is 1. The first-order chi connectivity index (χ1) is 10.1. The molecule has 0 spiro atoms. The molecule has 4 heteroatoms. The van der Waals surface area contributed by atoms with Crippen LogP contribution >= 0.6 is 0 Å². The Kier molecular flexibility index (Phi) is 8.27. The van der Waals surface area contributed by atoms with Gasteiger partial charge in [-0.25, -0.2) is 0 Å². The van der Waals surface area contributed by atoms with Crippen LogP contribution in [0.5, 0.6) is 0 Å². The molecule has 1 aliphatic carbocycles. The fourth-order valence-electron chi connectivity index (χ4n) is 3.34. The van der Waals surface area contributed by atoms with Crippen LogP contribution in [0.1, 0.15) is 66.2 Å². The second-order valence-electron chi connectivity index (χ2n) is 6.11. The van der Waals surface area contributed by atoms with Crippen LogP contribution in [-0.2, 0) is 9.53 Å². The molecular weight excluding hydrogens is 264 g/mol. The maximum absolute atomic E-state index is 12.4. The monoisotopic (exact) mass is 298 g/mol. The average Bonchev–Trinajstić information content (AvgIpc) is 2.92. The van der Waals surface area contributed by atoms with Gasteiger partial charge in [0, 0.05) is 6.04 Å². The van der Waals surface area contributed by atoms with E-state index in [0.717, 1.165) is 45.3 Å². The van der Waals surface area contributed by atoms with Crippen molar-refractivity contribution in [2.45, 2.75) is 77.8 Å². The zero-order valence-corrected chi connectivity index (χ0v) is 14.4. The van der Waals surface area contributed by atoms with Crippen molar-refractivity contribution < 1.29 is 9.53 Å². The van der Waals surface area contributed by atoms with Crippen molar-refractivity contribution in [3.05, 3.63) is 0 Å². The second kappa shape index (κ2) is 9.42. The van der Waals surface area contributed by atoms with Crippen molar-refractivity contribution in [2.75, 3.05) is 26.2 Å². The summed E-state index contributed by atoms with van der Waals surface area (Å²) in [5.74, 6) is -0.0486. The molecule has 0 aromatic heterocycles. The highest BCUT2D eigenvalue weighted by Crippen LogP contribution is 2.34. The molecule has 4 nitrogen and oxygen atoms in total. The number of rotatable bonds is 10. The van der Waals surface area contributed by atoms with Crippen LogP contribution in [0.25, 0.3) is 0 Å². The fraction of sp³-hybridized carbons (Fsp3) is 0.941. The van der Waals surface area contributed by atoms with Crippen molar-refractivity contribution in [1.82, 2.24) is 10.2 Å². The van der Waals surface area contributed by atoms with Crippen LogP contribution in [0.4, 0.5) is 0 Å². The molecule has 2 atom stereocenters. The lowest BCUT2D eigenvalue weighted by molar-refractivity contribution is -0.151. The first-order valence-corrected chi connectivity index (χ1v) is 8.79. The van der Waals surface area contributed by atoms with Crippen molar-refractivity contribution in [1.29, 1.82) is 0 Å². The topological polar surface area (TPSA) is 41.6 Å². The van der Waals surface area contributed by atoms with Gasteiger partial charge in [0.2, 0.25) is 0 Å². The third-order valence-corrected chi connectivity index (χ3v) is 4.59. The molecule has 0 aromatic carbocycles. The highest BCUT2D eigenvalue weighted by molar-refractivity contribution is 5.81. The summed E-state index contributed by atoms with van der Waals surface area (Å²) >= 11 is 0. The van der Waals surface area contributed by atoms with Crippen molar-refractivity contribution in [3.8, 4) is 0 Å². The minimum absolute atomic E-state index is 0.0486. The summed E-state index contributed by atoms with van der Waals surface area (Å²) in [6.45, 7) is 12.0. The largest absolute Gasteiger partial charge is 0.465 e. The van der Waals surface area contributed by atoms with E-state index in [0.29, 0.717) is 12.6 Å². The van der Waals surface area contributed by atoms with Gasteiger partial charge in [0.05, 0.1) is 6.61 Å². The zero-order valence-electron chi connectivity index (χ0n) is 14.4. The van der Waals surface area contributed by atoms with Gasteiger partial charge in [0.15, 0.2) is 0 Å². The van der Waals surface area contributed by atoms with Crippen molar-refractivity contribution >= 4 is 5.97 Å². The van der Waals surface area contributed by atoms with E-state index in [9.17, 15) is 4.79 Å². The highest BCUT2D eigenvalue weighted by atomic mass is 16.5. The van der Waals surface area contributed by atoms with Gasteiger partial charge in [-0.3, -0.25) is 4.79 Å². The van der Waals surface area contributed by atoms with Crippen LogP contribution in [0, 0.1) is 0 Å². The van der Waals surface area contributed by atoms with Crippen LogP contribution in [0.3, 0.4) is 0 Å². The Hall–Kier alpha value is -0.610. The van der Waals surface area contributed by atoms with Gasteiger partial charge in [-0.15, -0.1) is 0 Å². The predicted molar refractivity (Wildman–Crippen MR) is 87.5 cm³/mol. The number of hydrogen-bond donors (Lipinski definition) is 1. The molecule has 0 saturated heterocycles. The van der Waals surface area contributed by atoms with E-state index in [2.05, 4.69) is 31.0 Å². The van der Waals surface area contributed by atoms with E-state index in [1.165, 1.54) is 12.8 Å². The molecule has 1 aliphatic rings. The van der Waals surface area contributed by atoms with Gasteiger partial charge in [0.1, 0.15) is 5.54 Å². The molecule has 0 aliphatic heterocycles.